The summed E-state index contributed by atoms with van der Waals surface area (Å²) in [6, 6.07) is 10.1. The van der Waals surface area contributed by atoms with Crippen LogP contribution in [0.2, 0.25) is 0 Å². The van der Waals surface area contributed by atoms with Gasteiger partial charge in [-0.05, 0) is 44.8 Å². The molecule has 0 spiro atoms. The molecular formula is C19H30ClNO3. The van der Waals surface area contributed by atoms with Crippen LogP contribution < -0.4 is 0 Å². The van der Waals surface area contributed by atoms with Crippen molar-refractivity contribution in [3.63, 3.8) is 0 Å². The highest BCUT2D eigenvalue weighted by molar-refractivity contribution is 5.85. The topological polar surface area (TPSA) is 38.8 Å². The highest BCUT2D eigenvalue weighted by atomic mass is 35.5. The Labute approximate surface area is 151 Å². The van der Waals surface area contributed by atoms with E-state index in [0.29, 0.717) is 6.61 Å². The molecule has 0 unspecified atom stereocenters. The molecule has 1 aliphatic heterocycles. The minimum atomic E-state index is -0.488. The van der Waals surface area contributed by atoms with Crippen LogP contribution in [0.5, 0.6) is 0 Å². The van der Waals surface area contributed by atoms with Crippen molar-refractivity contribution in [2.45, 2.75) is 38.5 Å². The van der Waals surface area contributed by atoms with Crippen molar-refractivity contribution in [2.24, 2.45) is 0 Å². The van der Waals surface area contributed by atoms with E-state index in [2.05, 4.69) is 24.0 Å². The molecule has 5 heteroatoms. The first kappa shape index (κ1) is 20.9. The Balaban J connectivity index is 0.00000288. The Morgan fingerprint density at radius 2 is 1.79 bits per heavy atom. The number of carbonyl (C=O) groups excluding carboxylic acids is 1. The number of carbonyl (C=O) groups is 1. The Hall–Kier alpha value is -1.10. The van der Waals surface area contributed by atoms with Gasteiger partial charge in [-0.2, -0.15) is 0 Å². The summed E-state index contributed by atoms with van der Waals surface area (Å²) in [7, 11) is 0. The highest BCUT2D eigenvalue weighted by Gasteiger charge is 2.43. The van der Waals surface area contributed by atoms with Crippen LogP contribution in [-0.4, -0.2) is 50.3 Å². The van der Waals surface area contributed by atoms with Crippen molar-refractivity contribution in [2.75, 3.05) is 39.5 Å². The standard InChI is InChI=1S/C19H29NO3.ClH/c1-3-15-22-16-14-20-12-10-19(11-13-20,18(21)23-4-2)17-8-6-5-7-9-17;/h5-9H,3-4,10-16H2,1-2H3;1H. The zero-order valence-electron chi connectivity index (χ0n) is 14.8. The SMILES string of the molecule is CCCOCCN1CCC(C(=O)OCC)(c2ccccc2)CC1.Cl. The van der Waals surface area contributed by atoms with Crippen molar-refractivity contribution in [1.29, 1.82) is 0 Å². The maximum atomic E-state index is 12.7. The Morgan fingerprint density at radius 3 is 2.38 bits per heavy atom. The summed E-state index contributed by atoms with van der Waals surface area (Å²) in [5, 5.41) is 0. The Morgan fingerprint density at radius 1 is 1.12 bits per heavy atom. The molecule has 1 aromatic carbocycles. The highest BCUT2D eigenvalue weighted by Crippen LogP contribution is 2.36. The van der Waals surface area contributed by atoms with Gasteiger partial charge in [-0.1, -0.05) is 37.3 Å². The van der Waals surface area contributed by atoms with Gasteiger partial charge in [-0.3, -0.25) is 4.79 Å². The normalized spacial score (nSPS) is 17.1. The van der Waals surface area contributed by atoms with Crippen molar-refractivity contribution >= 4 is 18.4 Å². The second-order valence-electron chi connectivity index (χ2n) is 6.12. The van der Waals surface area contributed by atoms with Gasteiger partial charge in [0.05, 0.1) is 18.6 Å². The van der Waals surface area contributed by atoms with Gasteiger partial charge in [-0.25, -0.2) is 0 Å². The van der Waals surface area contributed by atoms with Crippen LogP contribution in [0.1, 0.15) is 38.7 Å². The first-order valence-corrected chi connectivity index (χ1v) is 8.75. The van der Waals surface area contributed by atoms with Gasteiger partial charge in [0.2, 0.25) is 0 Å². The number of halogens is 1. The molecule has 0 aliphatic carbocycles. The van der Waals surface area contributed by atoms with Gasteiger partial charge in [-0.15, -0.1) is 12.4 Å². The number of esters is 1. The fourth-order valence-electron chi connectivity index (χ4n) is 3.24. The predicted octanol–water partition coefficient (Wildman–Crippen LogP) is 3.43. The number of nitrogens with zero attached hydrogens (tertiary/aromatic N) is 1. The third-order valence-corrected chi connectivity index (χ3v) is 4.60. The van der Waals surface area contributed by atoms with Crippen LogP contribution in [0.4, 0.5) is 0 Å². The van der Waals surface area contributed by atoms with Crippen LogP contribution >= 0.6 is 12.4 Å². The lowest BCUT2D eigenvalue weighted by Crippen LogP contribution is -2.48. The van der Waals surface area contributed by atoms with Crippen LogP contribution in [0, 0.1) is 0 Å². The quantitative estimate of drug-likeness (QED) is 0.529. The Kier molecular flexibility index (Phi) is 9.34. The summed E-state index contributed by atoms with van der Waals surface area (Å²) in [4.78, 5) is 15.0. The maximum Gasteiger partial charge on any atom is 0.316 e. The molecule has 1 heterocycles. The van der Waals surface area contributed by atoms with E-state index in [1.54, 1.807) is 0 Å². The summed E-state index contributed by atoms with van der Waals surface area (Å²) >= 11 is 0. The van der Waals surface area contributed by atoms with Crippen LogP contribution in [0.15, 0.2) is 30.3 Å². The number of benzene rings is 1. The average Bonchev–Trinajstić information content (AvgIpc) is 2.60. The molecule has 2 rings (SSSR count). The second-order valence-corrected chi connectivity index (χ2v) is 6.12. The summed E-state index contributed by atoms with van der Waals surface area (Å²) < 4.78 is 11.0. The third kappa shape index (κ3) is 5.20. The number of piperidine rings is 1. The number of ether oxygens (including phenoxy) is 2. The molecule has 1 aromatic rings. The van der Waals surface area contributed by atoms with E-state index in [1.165, 1.54) is 0 Å². The molecule has 1 fully saturated rings. The second kappa shape index (κ2) is 10.7. The molecule has 0 saturated carbocycles. The van der Waals surface area contributed by atoms with E-state index in [1.807, 2.05) is 25.1 Å². The molecule has 0 atom stereocenters. The van der Waals surface area contributed by atoms with Gasteiger partial charge in [0.25, 0.3) is 0 Å². The van der Waals surface area contributed by atoms with E-state index in [0.717, 1.165) is 57.7 Å². The van der Waals surface area contributed by atoms with Crippen LogP contribution in [0.3, 0.4) is 0 Å². The van der Waals surface area contributed by atoms with Crippen molar-refractivity contribution in [1.82, 2.24) is 4.90 Å². The fourth-order valence-corrected chi connectivity index (χ4v) is 3.24. The lowest BCUT2D eigenvalue weighted by molar-refractivity contribution is -0.152. The average molecular weight is 356 g/mol. The molecule has 136 valence electrons. The molecule has 0 amide bonds. The zero-order chi connectivity index (χ0) is 16.5. The minimum Gasteiger partial charge on any atom is -0.465 e. The van der Waals surface area contributed by atoms with E-state index in [-0.39, 0.29) is 18.4 Å². The largest absolute Gasteiger partial charge is 0.465 e. The summed E-state index contributed by atoms with van der Waals surface area (Å²) in [6.07, 6.45) is 2.67. The van der Waals surface area contributed by atoms with Crippen LogP contribution in [0.25, 0.3) is 0 Å². The summed E-state index contributed by atoms with van der Waals surface area (Å²) in [5.41, 5.74) is 0.596. The van der Waals surface area contributed by atoms with Crippen LogP contribution in [-0.2, 0) is 19.7 Å². The third-order valence-electron chi connectivity index (χ3n) is 4.60. The number of hydrogen-bond donors (Lipinski definition) is 0. The van der Waals surface area contributed by atoms with Crippen molar-refractivity contribution in [3.8, 4) is 0 Å². The first-order chi connectivity index (χ1) is 11.2. The smallest absolute Gasteiger partial charge is 0.316 e. The van der Waals surface area contributed by atoms with Crippen molar-refractivity contribution in [3.05, 3.63) is 35.9 Å². The number of hydrogen-bond acceptors (Lipinski definition) is 4. The van der Waals surface area contributed by atoms with E-state index >= 15 is 0 Å². The predicted molar refractivity (Wildman–Crippen MR) is 98.8 cm³/mol. The Bertz CT molecular complexity index is 473. The molecule has 1 saturated heterocycles. The molecule has 0 radical (unpaired) electrons. The first-order valence-electron chi connectivity index (χ1n) is 8.75. The van der Waals surface area contributed by atoms with Gasteiger partial charge >= 0.3 is 5.97 Å². The number of likely N-dealkylation sites (tertiary alicyclic amines) is 1. The number of rotatable bonds is 8. The summed E-state index contributed by atoms with van der Waals surface area (Å²) in [6.45, 7) is 8.77. The molecule has 4 nitrogen and oxygen atoms in total. The van der Waals surface area contributed by atoms with Gasteiger partial charge in [0.1, 0.15) is 0 Å². The fraction of sp³-hybridized carbons (Fsp3) is 0.632. The molecule has 24 heavy (non-hydrogen) atoms. The zero-order valence-corrected chi connectivity index (χ0v) is 15.6. The molecule has 0 aromatic heterocycles. The summed E-state index contributed by atoms with van der Waals surface area (Å²) in [5.74, 6) is -0.0758. The van der Waals surface area contributed by atoms with Crippen molar-refractivity contribution < 1.29 is 14.3 Å². The van der Waals surface area contributed by atoms with Gasteiger partial charge in [0, 0.05) is 13.2 Å². The molecule has 1 aliphatic rings. The minimum absolute atomic E-state index is 0. The van der Waals surface area contributed by atoms with E-state index in [4.69, 9.17) is 9.47 Å². The van der Waals surface area contributed by atoms with Gasteiger partial charge < -0.3 is 14.4 Å². The lowest BCUT2D eigenvalue weighted by Gasteiger charge is -2.40. The lowest BCUT2D eigenvalue weighted by atomic mass is 9.72. The maximum absolute atomic E-state index is 12.7. The van der Waals surface area contributed by atoms with E-state index in [9.17, 15) is 4.79 Å². The molecular weight excluding hydrogens is 326 g/mol. The molecule has 0 bridgehead atoms. The monoisotopic (exact) mass is 355 g/mol. The van der Waals surface area contributed by atoms with Gasteiger partial charge in [0.15, 0.2) is 0 Å². The van der Waals surface area contributed by atoms with E-state index < -0.39 is 5.41 Å². The molecule has 0 N–H and O–H groups in total.